The third-order valence-corrected chi connectivity index (χ3v) is 4.58. The van der Waals surface area contributed by atoms with E-state index in [0.29, 0.717) is 12.5 Å². The van der Waals surface area contributed by atoms with Gasteiger partial charge in [0.15, 0.2) is 6.10 Å². The van der Waals surface area contributed by atoms with Crippen molar-refractivity contribution in [2.24, 2.45) is 5.92 Å². The molecule has 0 aliphatic heterocycles. The molecular weight excluding hydrogens is 295 g/mol. The Hall–Kier alpha value is -0.140. The molecule has 22 heavy (non-hydrogen) atoms. The zero-order valence-corrected chi connectivity index (χ0v) is 16.1. The molecule has 0 bridgehead atoms. The van der Waals surface area contributed by atoms with E-state index < -0.39 is 6.10 Å². The second-order valence-electron chi connectivity index (χ2n) is 6.23. The minimum atomic E-state index is -0.420. The maximum atomic E-state index is 12.0. The Labute approximate surface area is 140 Å². The monoisotopic (exact) mass is 332 g/mol. The highest BCUT2D eigenvalue weighted by atomic mass is 31.0. The first-order valence-corrected chi connectivity index (χ1v) is 9.68. The van der Waals surface area contributed by atoms with Gasteiger partial charge in [-0.25, -0.2) is 4.79 Å². The van der Waals surface area contributed by atoms with Gasteiger partial charge in [-0.3, -0.25) is 0 Å². The largest absolute Gasteiger partial charge is 0.463 e. The molecule has 0 heterocycles. The maximum Gasteiger partial charge on any atom is 0.335 e. The number of ether oxygens (including phenoxy) is 1. The number of esters is 1. The summed E-state index contributed by atoms with van der Waals surface area (Å²) < 4.78 is 10.6. The summed E-state index contributed by atoms with van der Waals surface area (Å²) in [7, 11) is 2.19. The molecule has 0 aromatic carbocycles. The van der Waals surface area contributed by atoms with Crippen molar-refractivity contribution in [2.75, 3.05) is 6.61 Å². The molecule has 0 rings (SSSR count). The van der Waals surface area contributed by atoms with Crippen LogP contribution in [0.1, 0.15) is 91.4 Å². The topological polar surface area (TPSA) is 35.5 Å². The van der Waals surface area contributed by atoms with Gasteiger partial charge in [0.25, 0.3) is 0 Å². The Morgan fingerprint density at radius 1 is 0.909 bits per heavy atom. The lowest BCUT2D eigenvalue weighted by Gasteiger charge is -2.18. The van der Waals surface area contributed by atoms with Crippen molar-refractivity contribution < 1.29 is 14.1 Å². The van der Waals surface area contributed by atoms with E-state index in [4.69, 9.17) is 9.26 Å². The fourth-order valence-electron chi connectivity index (χ4n) is 2.54. The van der Waals surface area contributed by atoms with Crippen LogP contribution in [0.3, 0.4) is 0 Å². The average molecular weight is 332 g/mol. The van der Waals surface area contributed by atoms with Crippen molar-refractivity contribution in [3.8, 4) is 0 Å². The summed E-state index contributed by atoms with van der Waals surface area (Å²) in [5, 5.41) is 0. The summed E-state index contributed by atoms with van der Waals surface area (Å²) in [6, 6.07) is 0. The minimum absolute atomic E-state index is 0.204. The van der Waals surface area contributed by atoms with Crippen molar-refractivity contribution in [3.63, 3.8) is 0 Å². The maximum absolute atomic E-state index is 12.0. The van der Waals surface area contributed by atoms with Gasteiger partial charge in [0.2, 0.25) is 0 Å². The van der Waals surface area contributed by atoms with E-state index in [1.54, 1.807) is 0 Å². The number of carbonyl (C=O) groups is 1. The van der Waals surface area contributed by atoms with Crippen LogP contribution in [0.5, 0.6) is 0 Å². The Balaban J connectivity index is 3.84. The van der Waals surface area contributed by atoms with Crippen molar-refractivity contribution in [3.05, 3.63) is 0 Å². The lowest BCUT2D eigenvalue weighted by Crippen LogP contribution is -2.26. The molecule has 0 saturated carbocycles. The van der Waals surface area contributed by atoms with E-state index in [2.05, 4.69) is 30.2 Å². The predicted octanol–water partition coefficient (Wildman–Crippen LogP) is 5.67. The van der Waals surface area contributed by atoms with Gasteiger partial charge in [-0.15, -0.1) is 0 Å². The van der Waals surface area contributed by atoms with Crippen LogP contribution in [-0.4, -0.2) is 18.7 Å². The molecule has 0 radical (unpaired) electrons. The lowest BCUT2D eigenvalue weighted by molar-refractivity contribution is -0.153. The molecule has 4 heteroatoms. The highest BCUT2D eigenvalue weighted by Crippen LogP contribution is 2.17. The van der Waals surface area contributed by atoms with Crippen LogP contribution in [0.4, 0.5) is 0 Å². The molecule has 3 atom stereocenters. The van der Waals surface area contributed by atoms with E-state index in [0.717, 1.165) is 32.1 Å². The molecule has 0 aliphatic carbocycles. The van der Waals surface area contributed by atoms with E-state index in [1.165, 1.54) is 38.5 Å². The van der Waals surface area contributed by atoms with Crippen LogP contribution in [0, 0.1) is 5.92 Å². The number of hydrogen-bond acceptors (Lipinski definition) is 3. The Morgan fingerprint density at radius 3 is 2.14 bits per heavy atom. The molecular formula is C18H37O3P. The van der Waals surface area contributed by atoms with Crippen molar-refractivity contribution in [1.29, 1.82) is 0 Å². The smallest absolute Gasteiger partial charge is 0.335 e. The van der Waals surface area contributed by atoms with Crippen LogP contribution >= 0.6 is 9.47 Å². The van der Waals surface area contributed by atoms with E-state index in [1.807, 2.05) is 0 Å². The van der Waals surface area contributed by atoms with Gasteiger partial charge in [0, 0.05) is 9.47 Å². The molecule has 0 aromatic rings. The van der Waals surface area contributed by atoms with Crippen molar-refractivity contribution in [1.82, 2.24) is 0 Å². The first kappa shape index (κ1) is 21.9. The Kier molecular flexibility index (Phi) is 15.6. The summed E-state index contributed by atoms with van der Waals surface area (Å²) in [4.78, 5) is 12.0. The Bertz CT molecular complexity index is 259. The molecule has 0 fully saturated rings. The molecule has 0 aromatic heterocycles. The molecule has 3 nitrogen and oxygen atoms in total. The highest BCUT2D eigenvalue weighted by molar-refractivity contribution is 7.09. The molecule has 0 amide bonds. The SMILES string of the molecule is CCCCCCCCC(CC)COC(=O)C(CCCC)OP. The zero-order valence-electron chi connectivity index (χ0n) is 14.9. The summed E-state index contributed by atoms with van der Waals surface area (Å²) in [6.45, 7) is 7.07. The van der Waals surface area contributed by atoms with Gasteiger partial charge in [-0.1, -0.05) is 78.6 Å². The second kappa shape index (κ2) is 15.7. The summed E-state index contributed by atoms with van der Waals surface area (Å²) >= 11 is 0. The van der Waals surface area contributed by atoms with Gasteiger partial charge in [-0.05, 0) is 18.8 Å². The van der Waals surface area contributed by atoms with Crippen LogP contribution < -0.4 is 0 Å². The number of unbranched alkanes of at least 4 members (excludes halogenated alkanes) is 6. The fourth-order valence-corrected chi connectivity index (χ4v) is 2.79. The normalized spacial score (nSPS) is 13.8. The third kappa shape index (κ3) is 11.4. The third-order valence-electron chi connectivity index (χ3n) is 4.25. The molecule has 0 N–H and O–H groups in total. The summed E-state index contributed by atoms with van der Waals surface area (Å²) in [6.07, 6.45) is 12.5. The van der Waals surface area contributed by atoms with Crippen molar-refractivity contribution >= 4 is 15.4 Å². The molecule has 0 saturated heterocycles. The van der Waals surface area contributed by atoms with Gasteiger partial charge in [0.05, 0.1) is 6.61 Å². The van der Waals surface area contributed by atoms with Crippen LogP contribution in [-0.2, 0) is 14.1 Å². The molecule has 0 spiro atoms. The van der Waals surface area contributed by atoms with E-state index in [9.17, 15) is 4.79 Å². The van der Waals surface area contributed by atoms with Crippen LogP contribution in [0.15, 0.2) is 0 Å². The minimum Gasteiger partial charge on any atom is -0.463 e. The number of hydrogen-bond donors (Lipinski definition) is 0. The van der Waals surface area contributed by atoms with Crippen LogP contribution in [0.2, 0.25) is 0 Å². The predicted molar refractivity (Wildman–Crippen MR) is 96.8 cm³/mol. The van der Waals surface area contributed by atoms with Gasteiger partial charge in [0.1, 0.15) is 0 Å². The molecule has 0 aliphatic rings. The second-order valence-corrected chi connectivity index (χ2v) is 6.50. The highest BCUT2D eigenvalue weighted by Gasteiger charge is 2.20. The quantitative estimate of drug-likeness (QED) is 0.220. The first-order valence-electron chi connectivity index (χ1n) is 9.21. The Morgan fingerprint density at radius 2 is 1.55 bits per heavy atom. The summed E-state index contributed by atoms with van der Waals surface area (Å²) in [5.74, 6) is 0.288. The van der Waals surface area contributed by atoms with Gasteiger partial charge in [-0.2, -0.15) is 0 Å². The number of carbonyl (C=O) groups excluding carboxylic acids is 1. The lowest BCUT2D eigenvalue weighted by atomic mass is 9.98. The first-order chi connectivity index (χ1) is 10.7. The van der Waals surface area contributed by atoms with Crippen molar-refractivity contribution in [2.45, 2.75) is 97.5 Å². The van der Waals surface area contributed by atoms with E-state index in [-0.39, 0.29) is 5.97 Å². The molecule has 3 unspecified atom stereocenters. The van der Waals surface area contributed by atoms with Gasteiger partial charge >= 0.3 is 5.97 Å². The van der Waals surface area contributed by atoms with E-state index >= 15 is 0 Å². The standard InChI is InChI=1S/C18H37O3P/c1-4-7-9-10-11-12-13-16(6-3)15-20-18(19)17(21-22)14-8-5-2/h16-17H,4-15,22H2,1-3H3. The van der Waals surface area contributed by atoms with Gasteiger partial charge < -0.3 is 9.26 Å². The number of rotatable bonds is 15. The molecule has 132 valence electrons. The average Bonchev–Trinajstić information content (AvgIpc) is 2.54. The van der Waals surface area contributed by atoms with Crippen LogP contribution in [0.25, 0.3) is 0 Å². The fraction of sp³-hybridized carbons (Fsp3) is 0.944. The zero-order chi connectivity index (χ0) is 16.6. The summed E-state index contributed by atoms with van der Waals surface area (Å²) in [5.41, 5.74) is 0.